The second kappa shape index (κ2) is 3.86. The number of anilines is 1. The molecule has 8 heteroatoms. The summed E-state index contributed by atoms with van der Waals surface area (Å²) in [6, 6.07) is 0. The topological polar surface area (TPSA) is 101 Å². The highest BCUT2D eigenvalue weighted by Gasteiger charge is 2.07. The van der Waals surface area contributed by atoms with Crippen molar-refractivity contribution in [2.45, 2.75) is 13.5 Å². The fraction of sp³-hybridized carbons (Fsp3) is 0.286. The van der Waals surface area contributed by atoms with Crippen LogP contribution >= 0.6 is 0 Å². The Kier molecular flexibility index (Phi) is 2.40. The molecular weight excluding hydrogens is 198 g/mol. The first-order valence-corrected chi connectivity index (χ1v) is 4.26. The first kappa shape index (κ1) is 9.31. The molecule has 0 aliphatic rings. The third-order valence-electron chi connectivity index (χ3n) is 1.79. The van der Waals surface area contributed by atoms with E-state index in [-0.39, 0.29) is 12.5 Å². The van der Waals surface area contributed by atoms with E-state index >= 15 is 0 Å². The monoisotopic (exact) mass is 207 g/mol. The van der Waals surface area contributed by atoms with E-state index in [1.54, 1.807) is 6.20 Å². The minimum atomic E-state index is -0.213. The highest BCUT2D eigenvalue weighted by Crippen LogP contribution is 2.07. The number of carbonyl (C=O) groups excluding carboxylic acids is 1. The summed E-state index contributed by atoms with van der Waals surface area (Å²) in [5, 5.41) is 19.5. The van der Waals surface area contributed by atoms with Crippen molar-refractivity contribution >= 4 is 11.7 Å². The molecule has 2 rings (SSSR count). The highest BCUT2D eigenvalue weighted by atomic mass is 16.2. The third-order valence-corrected chi connectivity index (χ3v) is 1.79. The Bertz CT molecular complexity index is 446. The number of tetrazole rings is 1. The van der Waals surface area contributed by atoms with E-state index in [1.807, 2.05) is 6.92 Å². The van der Waals surface area contributed by atoms with Gasteiger partial charge < -0.3 is 5.32 Å². The second-order valence-corrected chi connectivity index (χ2v) is 2.98. The maximum absolute atomic E-state index is 11.5. The van der Waals surface area contributed by atoms with Gasteiger partial charge in [0.1, 0.15) is 18.7 Å². The molecule has 78 valence electrons. The maximum atomic E-state index is 11.5. The van der Waals surface area contributed by atoms with Gasteiger partial charge in [-0.05, 0) is 17.4 Å². The molecule has 0 bridgehead atoms. The standard InChI is InChI=1S/C7H9N7O/c1-5-2-8-11-7(5)10-6(15)3-14-4-9-12-13-14/h2,4H,3H2,1H3,(H2,8,10,11,15). The Balaban J connectivity index is 1.96. The van der Waals surface area contributed by atoms with Gasteiger partial charge in [-0.25, -0.2) is 4.68 Å². The maximum Gasteiger partial charge on any atom is 0.247 e. The summed E-state index contributed by atoms with van der Waals surface area (Å²) in [5.41, 5.74) is 0.875. The number of nitrogens with one attached hydrogen (secondary N) is 2. The zero-order valence-corrected chi connectivity index (χ0v) is 8.01. The molecule has 0 spiro atoms. The van der Waals surface area contributed by atoms with Crippen molar-refractivity contribution in [3.05, 3.63) is 18.1 Å². The van der Waals surface area contributed by atoms with Gasteiger partial charge in [0.15, 0.2) is 0 Å². The molecule has 2 heterocycles. The molecule has 2 aromatic heterocycles. The van der Waals surface area contributed by atoms with Crippen LogP contribution in [0.25, 0.3) is 0 Å². The van der Waals surface area contributed by atoms with E-state index in [1.165, 1.54) is 11.0 Å². The quantitative estimate of drug-likeness (QED) is 0.695. The predicted molar refractivity (Wildman–Crippen MR) is 49.8 cm³/mol. The van der Waals surface area contributed by atoms with Crippen LogP contribution in [0.15, 0.2) is 12.5 Å². The van der Waals surface area contributed by atoms with Crippen LogP contribution in [0.3, 0.4) is 0 Å². The van der Waals surface area contributed by atoms with Gasteiger partial charge in [0.05, 0.1) is 6.20 Å². The van der Waals surface area contributed by atoms with Gasteiger partial charge in [0, 0.05) is 5.56 Å². The Morgan fingerprint density at radius 3 is 3.13 bits per heavy atom. The molecule has 2 N–H and O–H groups in total. The normalized spacial score (nSPS) is 10.2. The molecule has 15 heavy (non-hydrogen) atoms. The van der Waals surface area contributed by atoms with Crippen molar-refractivity contribution in [1.29, 1.82) is 0 Å². The second-order valence-electron chi connectivity index (χ2n) is 2.98. The molecule has 0 saturated heterocycles. The summed E-state index contributed by atoms with van der Waals surface area (Å²) in [5.74, 6) is 0.378. The van der Waals surface area contributed by atoms with Crippen LogP contribution in [-0.2, 0) is 11.3 Å². The summed E-state index contributed by atoms with van der Waals surface area (Å²) in [4.78, 5) is 11.5. The van der Waals surface area contributed by atoms with E-state index in [0.29, 0.717) is 5.82 Å². The number of amides is 1. The van der Waals surface area contributed by atoms with Crippen molar-refractivity contribution in [1.82, 2.24) is 30.4 Å². The molecular formula is C7H9N7O. The third kappa shape index (κ3) is 2.16. The van der Waals surface area contributed by atoms with Crippen molar-refractivity contribution in [3.8, 4) is 0 Å². The zero-order chi connectivity index (χ0) is 10.7. The summed E-state index contributed by atoms with van der Waals surface area (Å²) in [7, 11) is 0. The van der Waals surface area contributed by atoms with Gasteiger partial charge in [0.2, 0.25) is 5.91 Å². The lowest BCUT2D eigenvalue weighted by Gasteiger charge is -2.02. The highest BCUT2D eigenvalue weighted by molar-refractivity contribution is 5.90. The summed E-state index contributed by atoms with van der Waals surface area (Å²) in [6.07, 6.45) is 3.01. The van der Waals surface area contributed by atoms with E-state index in [9.17, 15) is 4.79 Å². The fourth-order valence-corrected chi connectivity index (χ4v) is 1.05. The summed E-state index contributed by atoms with van der Waals surface area (Å²) in [6.45, 7) is 1.92. The lowest BCUT2D eigenvalue weighted by molar-refractivity contribution is -0.117. The predicted octanol–water partition coefficient (Wildman–Crippen LogP) is -0.657. The van der Waals surface area contributed by atoms with E-state index < -0.39 is 0 Å². The molecule has 8 nitrogen and oxygen atoms in total. The van der Waals surface area contributed by atoms with Gasteiger partial charge in [-0.15, -0.1) is 5.10 Å². The number of hydrogen-bond donors (Lipinski definition) is 2. The van der Waals surface area contributed by atoms with Crippen LogP contribution in [0.4, 0.5) is 5.82 Å². The first-order chi connectivity index (χ1) is 7.25. The molecule has 0 radical (unpaired) electrons. The van der Waals surface area contributed by atoms with Crippen molar-refractivity contribution in [2.75, 3.05) is 5.32 Å². The number of aromatic amines is 1. The van der Waals surface area contributed by atoms with Crippen molar-refractivity contribution in [2.24, 2.45) is 0 Å². The largest absolute Gasteiger partial charge is 0.309 e. The van der Waals surface area contributed by atoms with Crippen LogP contribution < -0.4 is 5.32 Å². The lowest BCUT2D eigenvalue weighted by Crippen LogP contribution is -2.19. The van der Waals surface area contributed by atoms with Crippen LogP contribution in [-0.4, -0.2) is 36.3 Å². The van der Waals surface area contributed by atoms with Crippen LogP contribution in [0.1, 0.15) is 5.56 Å². The van der Waals surface area contributed by atoms with E-state index in [2.05, 4.69) is 31.0 Å². The van der Waals surface area contributed by atoms with E-state index in [0.717, 1.165) is 5.56 Å². The van der Waals surface area contributed by atoms with Crippen LogP contribution in [0, 0.1) is 6.92 Å². The van der Waals surface area contributed by atoms with E-state index in [4.69, 9.17) is 0 Å². The summed E-state index contributed by atoms with van der Waals surface area (Å²) >= 11 is 0. The van der Waals surface area contributed by atoms with Crippen LogP contribution in [0.2, 0.25) is 0 Å². The molecule has 0 aliphatic carbocycles. The van der Waals surface area contributed by atoms with Gasteiger partial charge in [-0.3, -0.25) is 9.89 Å². The van der Waals surface area contributed by atoms with Crippen LogP contribution in [0.5, 0.6) is 0 Å². The zero-order valence-electron chi connectivity index (χ0n) is 8.01. The lowest BCUT2D eigenvalue weighted by atomic mass is 10.4. The van der Waals surface area contributed by atoms with Gasteiger partial charge in [-0.2, -0.15) is 5.10 Å². The van der Waals surface area contributed by atoms with Gasteiger partial charge in [0.25, 0.3) is 0 Å². The summed E-state index contributed by atoms with van der Waals surface area (Å²) < 4.78 is 1.33. The minimum absolute atomic E-state index is 0.0749. The molecule has 0 aromatic carbocycles. The van der Waals surface area contributed by atoms with Gasteiger partial charge >= 0.3 is 0 Å². The number of H-pyrrole nitrogens is 1. The number of aryl methyl sites for hydroxylation is 1. The number of aromatic nitrogens is 6. The molecule has 2 aromatic rings. The SMILES string of the molecule is Cc1cn[nH]c1NC(=O)Cn1cnnn1. The Morgan fingerprint density at radius 1 is 1.67 bits per heavy atom. The Morgan fingerprint density at radius 2 is 2.53 bits per heavy atom. The first-order valence-electron chi connectivity index (χ1n) is 4.26. The average Bonchev–Trinajstić information content (AvgIpc) is 2.79. The Hall–Kier alpha value is -2.25. The fourth-order valence-electron chi connectivity index (χ4n) is 1.05. The van der Waals surface area contributed by atoms with Crippen molar-refractivity contribution in [3.63, 3.8) is 0 Å². The van der Waals surface area contributed by atoms with Gasteiger partial charge in [-0.1, -0.05) is 0 Å². The molecule has 0 aliphatic heterocycles. The smallest absolute Gasteiger partial charge is 0.247 e. The Labute approximate surface area is 84.7 Å². The number of hydrogen-bond acceptors (Lipinski definition) is 5. The molecule has 0 unspecified atom stereocenters. The average molecular weight is 207 g/mol. The minimum Gasteiger partial charge on any atom is -0.309 e. The molecule has 0 saturated carbocycles. The molecule has 0 atom stereocenters. The molecule has 0 fully saturated rings. The molecule has 1 amide bonds. The number of carbonyl (C=O) groups is 1. The van der Waals surface area contributed by atoms with Crippen molar-refractivity contribution < 1.29 is 4.79 Å². The number of nitrogens with zero attached hydrogens (tertiary/aromatic N) is 5. The number of rotatable bonds is 3.